The summed E-state index contributed by atoms with van der Waals surface area (Å²) >= 11 is 3.16. The van der Waals surface area contributed by atoms with E-state index in [-0.39, 0.29) is 5.56 Å². The zero-order valence-corrected chi connectivity index (χ0v) is 13.0. The van der Waals surface area contributed by atoms with Gasteiger partial charge in [-0.15, -0.1) is 0 Å². The lowest BCUT2D eigenvalue weighted by atomic mass is 9.75. The van der Waals surface area contributed by atoms with Crippen molar-refractivity contribution in [2.24, 2.45) is 0 Å². The fraction of sp³-hybridized carbons (Fsp3) is 0.200. The van der Waals surface area contributed by atoms with Gasteiger partial charge in [0.2, 0.25) is 0 Å². The van der Waals surface area contributed by atoms with Gasteiger partial charge in [-0.25, -0.2) is 8.78 Å². The van der Waals surface area contributed by atoms with Crippen molar-refractivity contribution in [3.05, 3.63) is 63.9 Å². The molecular formula is C15H12BrF2NO3. The monoisotopic (exact) mass is 371 g/mol. The maximum atomic E-state index is 13.9. The van der Waals surface area contributed by atoms with Crippen LogP contribution in [0.25, 0.3) is 0 Å². The van der Waals surface area contributed by atoms with E-state index in [0.717, 1.165) is 18.2 Å². The van der Waals surface area contributed by atoms with Crippen molar-refractivity contribution in [1.82, 2.24) is 4.98 Å². The highest BCUT2D eigenvalue weighted by atomic mass is 79.9. The number of halogens is 3. The van der Waals surface area contributed by atoms with Crippen molar-refractivity contribution in [3.63, 3.8) is 0 Å². The standard InChI is InChI=1S/C15H12BrF2NO3/c1-15(14(21)22,8-4-9(16)7-19-6-8)13(20)11-5-10(17)2-3-12(11)18/h2-7,13,20H,1H3,(H,21,22). The van der Waals surface area contributed by atoms with Gasteiger partial charge in [-0.2, -0.15) is 0 Å². The Morgan fingerprint density at radius 3 is 2.59 bits per heavy atom. The normalized spacial score (nSPS) is 15.1. The number of pyridine rings is 1. The maximum Gasteiger partial charge on any atom is 0.316 e. The molecule has 0 amide bonds. The van der Waals surface area contributed by atoms with Crippen molar-refractivity contribution >= 4 is 21.9 Å². The molecule has 2 N–H and O–H groups in total. The number of aliphatic hydroxyl groups excluding tert-OH is 1. The lowest BCUT2D eigenvalue weighted by Crippen LogP contribution is -2.39. The van der Waals surface area contributed by atoms with E-state index in [1.165, 1.54) is 25.4 Å². The Labute approximate surface area is 133 Å². The van der Waals surface area contributed by atoms with Gasteiger partial charge in [-0.3, -0.25) is 9.78 Å². The van der Waals surface area contributed by atoms with Crippen LogP contribution in [0.5, 0.6) is 0 Å². The molecule has 2 atom stereocenters. The van der Waals surface area contributed by atoms with E-state index in [1.54, 1.807) is 0 Å². The summed E-state index contributed by atoms with van der Waals surface area (Å²) < 4.78 is 27.7. The first kappa shape index (κ1) is 16.5. The van der Waals surface area contributed by atoms with Crippen molar-refractivity contribution in [3.8, 4) is 0 Å². The molecule has 116 valence electrons. The quantitative estimate of drug-likeness (QED) is 0.865. The average Bonchev–Trinajstić information content (AvgIpc) is 2.48. The van der Waals surface area contributed by atoms with Crippen molar-refractivity contribution in [2.75, 3.05) is 0 Å². The van der Waals surface area contributed by atoms with Crippen molar-refractivity contribution in [1.29, 1.82) is 0 Å². The zero-order chi connectivity index (χ0) is 16.5. The molecule has 1 aromatic heterocycles. The molecule has 4 nitrogen and oxygen atoms in total. The zero-order valence-electron chi connectivity index (χ0n) is 11.4. The molecule has 2 aromatic rings. The van der Waals surface area contributed by atoms with E-state index < -0.39 is 34.7 Å². The summed E-state index contributed by atoms with van der Waals surface area (Å²) in [4.78, 5) is 15.6. The molecule has 2 unspecified atom stereocenters. The Morgan fingerprint density at radius 1 is 1.32 bits per heavy atom. The highest BCUT2D eigenvalue weighted by Gasteiger charge is 2.45. The fourth-order valence-electron chi connectivity index (χ4n) is 2.13. The van der Waals surface area contributed by atoms with Gasteiger partial charge in [0.05, 0.1) is 0 Å². The van der Waals surface area contributed by atoms with E-state index in [1.807, 2.05) is 0 Å². The highest BCUT2D eigenvalue weighted by molar-refractivity contribution is 9.10. The highest BCUT2D eigenvalue weighted by Crippen LogP contribution is 2.39. The summed E-state index contributed by atoms with van der Waals surface area (Å²) in [5, 5.41) is 20.0. The molecule has 0 bridgehead atoms. The third-order valence-corrected chi connectivity index (χ3v) is 3.98. The average molecular weight is 372 g/mol. The Bertz CT molecular complexity index is 726. The molecule has 0 aliphatic rings. The Balaban J connectivity index is 2.61. The number of carboxylic acid groups (broad SMARTS) is 1. The number of carbonyl (C=O) groups is 1. The molecule has 0 saturated heterocycles. The van der Waals surface area contributed by atoms with E-state index >= 15 is 0 Å². The molecule has 1 heterocycles. The molecule has 0 aliphatic heterocycles. The van der Waals surface area contributed by atoms with Crippen LogP contribution >= 0.6 is 15.9 Å². The molecule has 0 fully saturated rings. The van der Waals surface area contributed by atoms with Crippen molar-refractivity contribution < 1.29 is 23.8 Å². The van der Waals surface area contributed by atoms with Gasteiger partial charge in [-0.05, 0) is 52.7 Å². The number of hydrogen-bond donors (Lipinski definition) is 2. The van der Waals surface area contributed by atoms with Crippen LogP contribution in [0.4, 0.5) is 8.78 Å². The van der Waals surface area contributed by atoms with Crippen LogP contribution in [0.3, 0.4) is 0 Å². The van der Waals surface area contributed by atoms with Crippen LogP contribution < -0.4 is 0 Å². The number of rotatable bonds is 4. The number of benzene rings is 1. The van der Waals surface area contributed by atoms with E-state index in [2.05, 4.69) is 20.9 Å². The molecule has 22 heavy (non-hydrogen) atoms. The van der Waals surface area contributed by atoms with Gasteiger partial charge in [0, 0.05) is 22.4 Å². The Kier molecular flexibility index (Phi) is 4.58. The van der Waals surface area contributed by atoms with Gasteiger partial charge >= 0.3 is 5.97 Å². The SMILES string of the molecule is CC(C(=O)O)(c1cncc(Br)c1)C(O)c1cc(F)ccc1F. The first-order valence-electron chi connectivity index (χ1n) is 6.24. The predicted molar refractivity (Wildman–Crippen MR) is 78.2 cm³/mol. The molecule has 0 radical (unpaired) electrons. The van der Waals surface area contributed by atoms with Gasteiger partial charge in [-0.1, -0.05) is 0 Å². The number of carboxylic acids is 1. The summed E-state index contributed by atoms with van der Waals surface area (Å²) in [5.41, 5.74) is -2.17. The number of hydrogen-bond acceptors (Lipinski definition) is 3. The summed E-state index contributed by atoms with van der Waals surface area (Å²) in [6.45, 7) is 1.23. The minimum absolute atomic E-state index is 0.158. The summed E-state index contributed by atoms with van der Waals surface area (Å²) in [6, 6.07) is 3.98. The fourth-order valence-corrected chi connectivity index (χ4v) is 2.49. The Hall–Kier alpha value is -1.86. The van der Waals surface area contributed by atoms with Crippen LogP contribution in [0.15, 0.2) is 41.1 Å². The second-order valence-electron chi connectivity index (χ2n) is 4.97. The van der Waals surface area contributed by atoms with Gasteiger partial charge < -0.3 is 10.2 Å². The van der Waals surface area contributed by atoms with Crippen LogP contribution in [-0.2, 0) is 10.2 Å². The summed E-state index contributed by atoms with van der Waals surface area (Å²) in [6.07, 6.45) is 0.914. The topological polar surface area (TPSA) is 70.4 Å². The largest absolute Gasteiger partial charge is 0.481 e. The van der Waals surface area contributed by atoms with Gasteiger partial charge in [0.15, 0.2) is 0 Å². The Morgan fingerprint density at radius 2 is 2.00 bits per heavy atom. The van der Waals surface area contributed by atoms with E-state index in [9.17, 15) is 23.8 Å². The van der Waals surface area contributed by atoms with Gasteiger partial charge in [0.1, 0.15) is 23.2 Å². The second-order valence-corrected chi connectivity index (χ2v) is 5.88. The number of aliphatic hydroxyl groups is 1. The third-order valence-electron chi connectivity index (χ3n) is 3.55. The first-order chi connectivity index (χ1) is 10.3. The molecule has 1 aromatic carbocycles. The lowest BCUT2D eigenvalue weighted by Gasteiger charge is -2.31. The van der Waals surface area contributed by atoms with E-state index in [0.29, 0.717) is 4.47 Å². The van der Waals surface area contributed by atoms with E-state index in [4.69, 9.17) is 0 Å². The summed E-state index contributed by atoms with van der Waals surface area (Å²) in [7, 11) is 0. The van der Waals surface area contributed by atoms with Crippen molar-refractivity contribution in [2.45, 2.75) is 18.4 Å². The lowest BCUT2D eigenvalue weighted by molar-refractivity contribution is -0.148. The molecule has 7 heteroatoms. The third kappa shape index (κ3) is 2.86. The molecule has 0 aliphatic carbocycles. The van der Waals surface area contributed by atoms with Crippen LogP contribution in [0, 0.1) is 11.6 Å². The maximum absolute atomic E-state index is 13.9. The first-order valence-corrected chi connectivity index (χ1v) is 7.03. The molecular weight excluding hydrogens is 360 g/mol. The minimum atomic E-state index is -1.90. The van der Waals surface area contributed by atoms with Crippen LogP contribution in [-0.4, -0.2) is 21.2 Å². The number of aliphatic carboxylic acids is 1. The number of aromatic nitrogens is 1. The van der Waals surface area contributed by atoms with Gasteiger partial charge in [0.25, 0.3) is 0 Å². The summed E-state index contributed by atoms with van der Waals surface area (Å²) in [5.74, 6) is -3.04. The van der Waals surface area contributed by atoms with Crippen LogP contribution in [0.2, 0.25) is 0 Å². The molecule has 0 spiro atoms. The molecule has 2 rings (SSSR count). The number of nitrogens with zero attached hydrogens (tertiary/aromatic N) is 1. The smallest absolute Gasteiger partial charge is 0.316 e. The second kappa shape index (κ2) is 6.10. The predicted octanol–water partition coefficient (Wildman–Crippen LogP) is 3.20. The van der Waals surface area contributed by atoms with Crippen LogP contribution in [0.1, 0.15) is 24.2 Å². The minimum Gasteiger partial charge on any atom is -0.481 e. The molecule has 0 saturated carbocycles.